The van der Waals surface area contributed by atoms with Gasteiger partial charge in [-0.05, 0) is 50.5 Å². The first-order valence-electron chi connectivity index (χ1n) is 17.3. The largest absolute Gasteiger partial charge is 0.256 e. The second-order valence-corrected chi connectivity index (χ2v) is 12.9. The fraction of sp³-hybridized carbons (Fsp3) is 0. The lowest BCUT2D eigenvalue weighted by atomic mass is 9.96. The Morgan fingerprint density at radius 1 is 0.288 bits per heavy atom. The molecular formula is C47H29N5. The summed E-state index contributed by atoms with van der Waals surface area (Å²) in [5.74, 6) is 1.84. The normalized spacial score (nSPS) is 11.5. The van der Waals surface area contributed by atoms with Gasteiger partial charge >= 0.3 is 0 Å². The Morgan fingerprint density at radius 3 is 1.23 bits per heavy atom. The van der Waals surface area contributed by atoms with Crippen LogP contribution in [0.1, 0.15) is 0 Å². The first-order chi connectivity index (χ1) is 25.8. The molecule has 0 aliphatic heterocycles. The topological polar surface area (TPSA) is 64.5 Å². The lowest BCUT2D eigenvalue weighted by Crippen LogP contribution is -2.01. The molecule has 0 fully saturated rings. The van der Waals surface area contributed by atoms with Crippen LogP contribution in [0.4, 0.5) is 0 Å². The minimum atomic E-state index is 0.606. The molecule has 10 rings (SSSR count). The minimum absolute atomic E-state index is 0.606. The fourth-order valence-electron chi connectivity index (χ4n) is 7.25. The molecule has 52 heavy (non-hydrogen) atoms. The van der Waals surface area contributed by atoms with Gasteiger partial charge in [-0.2, -0.15) is 0 Å². The summed E-state index contributed by atoms with van der Waals surface area (Å²) < 4.78 is 0. The van der Waals surface area contributed by atoms with E-state index < -0.39 is 0 Å². The van der Waals surface area contributed by atoms with Crippen LogP contribution in [0.15, 0.2) is 176 Å². The van der Waals surface area contributed by atoms with Crippen LogP contribution in [0.3, 0.4) is 0 Å². The molecule has 3 aromatic heterocycles. The summed E-state index contributed by atoms with van der Waals surface area (Å²) in [6.45, 7) is 0. The van der Waals surface area contributed by atoms with Crippen molar-refractivity contribution in [3.63, 3.8) is 0 Å². The highest BCUT2D eigenvalue weighted by molar-refractivity contribution is 6.13. The summed E-state index contributed by atoms with van der Waals surface area (Å²) in [7, 11) is 0. The number of nitrogens with zero attached hydrogens (tertiary/aromatic N) is 5. The molecule has 10 aromatic rings. The Labute approximate surface area is 300 Å². The summed E-state index contributed by atoms with van der Waals surface area (Å²) in [6, 6.07) is 56.6. The highest BCUT2D eigenvalue weighted by Gasteiger charge is 2.17. The summed E-state index contributed by atoms with van der Waals surface area (Å²) >= 11 is 0. The van der Waals surface area contributed by atoms with Crippen LogP contribution < -0.4 is 0 Å². The van der Waals surface area contributed by atoms with E-state index in [-0.39, 0.29) is 0 Å². The van der Waals surface area contributed by atoms with Crippen LogP contribution in [0, 0.1) is 0 Å². The Hall–Kier alpha value is -7.11. The third kappa shape index (κ3) is 5.15. The van der Waals surface area contributed by atoms with Crippen LogP contribution in [0.5, 0.6) is 0 Å². The van der Waals surface area contributed by atoms with Crippen molar-refractivity contribution in [1.82, 2.24) is 24.9 Å². The molecule has 0 bridgehead atoms. The Morgan fingerprint density at radius 2 is 0.692 bits per heavy atom. The molecule has 3 heterocycles. The minimum Gasteiger partial charge on any atom is -0.256 e. The average molecular weight is 664 g/mol. The van der Waals surface area contributed by atoms with Crippen LogP contribution in [0.2, 0.25) is 0 Å². The highest BCUT2D eigenvalue weighted by Crippen LogP contribution is 2.36. The number of benzene rings is 7. The van der Waals surface area contributed by atoms with Crippen molar-refractivity contribution in [3.05, 3.63) is 176 Å². The van der Waals surface area contributed by atoms with E-state index in [1.165, 1.54) is 5.39 Å². The maximum Gasteiger partial charge on any atom is 0.164 e. The van der Waals surface area contributed by atoms with Gasteiger partial charge < -0.3 is 0 Å². The van der Waals surface area contributed by atoms with Gasteiger partial charge in [-0.15, -0.1) is 0 Å². The molecule has 5 nitrogen and oxygen atoms in total. The number of hydrogen-bond acceptors (Lipinski definition) is 5. The van der Waals surface area contributed by atoms with Gasteiger partial charge in [0.25, 0.3) is 0 Å². The quantitative estimate of drug-likeness (QED) is 0.171. The Kier molecular flexibility index (Phi) is 7.07. The molecule has 7 aromatic carbocycles. The van der Waals surface area contributed by atoms with Gasteiger partial charge in [-0.25, -0.2) is 15.0 Å². The predicted octanol–water partition coefficient (Wildman–Crippen LogP) is 11.6. The second-order valence-electron chi connectivity index (χ2n) is 12.9. The van der Waals surface area contributed by atoms with Crippen molar-refractivity contribution >= 4 is 43.1 Å². The van der Waals surface area contributed by atoms with Gasteiger partial charge in [-0.1, -0.05) is 146 Å². The monoisotopic (exact) mass is 663 g/mol. The molecule has 0 aliphatic rings. The Bertz CT molecular complexity index is 2800. The zero-order valence-corrected chi connectivity index (χ0v) is 28.0. The summed E-state index contributed by atoms with van der Waals surface area (Å²) in [6.07, 6.45) is 3.73. The molecule has 0 saturated carbocycles. The third-order valence-corrected chi connectivity index (χ3v) is 9.82. The van der Waals surface area contributed by atoms with Crippen molar-refractivity contribution in [1.29, 1.82) is 0 Å². The van der Waals surface area contributed by atoms with E-state index in [1.54, 1.807) is 0 Å². The van der Waals surface area contributed by atoms with Crippen molar-refractivity contribution in [2.45, 2.75) is 0 Å². The van der Waals surface area contributed by atoms with E-state index in [1.807, 2.05) is 24.5 Å². The molecule has 0 amide bonds. The van der Waals surface area contributed by atoms with Crippen LogP contribution in [-0.4, -0.2) is 24.9 Å². The first kappa shape index (κ1) is 29.8. The van der Waals surface area contributed by atoms with Crippen LogP contribution in [-0.2, 0) is 0 Å². The lowest BCUT2D eigenvalue weighted by molar-refractivity contribution is 1.08. The average Bonchev–Trinajstić information content (AvgIpc) is 3.23. The van der Waals surface area contributed by atoms with Crippen molar-refractivity contribution < 1.29 is 0 Å². The molecule has 0 spiro atoms. The molecule has 0 unspecified atom stereocenters. The number of rotatable bonds is 5. The zero-order valence-electron chi connectivity index (χ0n) is 28.0. The predicted molar refractivity (Wildman–Crippen MR) is 213 cm³/mol. The van der Waals surface area contributed by atoms with E-state index >= 15 is 0 Å². The molecule has 0 N–H and O–H groups in total. The van der Waals surface area contributed by atoms with Gasteiger partial charge in [0.1, 0.15) is 0 Å². The summed E-state index contributed by atoms with van der Waals surface area (Å²) in [5.41, 5.74) is 6.73. The molecule has 0 atom stereocenters. The van der Waals surface area contributed by atoms with Gasteiger partial charge in [0, 0.05) is 51.0 Å². The lowest BCUT2D eigenvalue weighted by Gasteiger charge is -2.13. The number of fused-ring (bicyclic) bond motifs is 5. The Balaban J connectivity index is 1.13. The van der Waals surface area contributed by atoms with Gasteiger partial charge in [0.2, 0.25) is 0 Å². The van der Waals surface area contributed by atoms with E-state index in [9.17, 15) is 0 Å². The van der Waals surface area contributed by atoms with E-state index in [2.05, 4.69) is 152 Å². The molecule has 242 valence electrons. The number of hydrogen-bond donors (Lipinski definition) is 0. The van der Waals surface area contributed by atoms with Crippen molar-refractivity contribution in [2.24, 2.45) is 0 Å². The standard InChI is InChI=1S/C47H29N5/c1-5-13-38-30(9-1)25-27-48-43(38)32-17-21-34(22-18-32)45-50-46(35-23-19-33(20-24-35)44-39-14-6-2-10-31(39)26-28-49-44)52-47(51-45)42-29-36-11-3-4-12-37(36)40-15-7-8-16-41(40)42/h1-29H. The van der Waals surface area contributed by atoms with E-state index in [4.69, 9.17) is 24.9 Å². The van der Waals surface area contributed by atoms with E-state index in [0.29, 0.717) is 17.5 Å². The maximum atomic E-state index is 5.16. The van der Waals surface area contributed by atoms with Gasteiger partial charge in [0.15, 0.2) is 17.5 Å². The molecule has 5 heteroatoms. The van der Waals surface area contributed by atoms with Crippen molar-refractivity contribution in [2.75, 3.05) is 0 Å². The molecule has 0 saturated heterocycles. The van der Waals surface area contributed by atoms with Crippen LogP contribution >= 0.6 is 0 Å². The van der Waals surface area contributed by atoms with E-state index in [0.717, 1.165) is 76.9 Å². The fourth-order valence-corrected chi connectivity index (χ4v) is 7.25. The third-order valence-electron chi connectivity index (χ3n) is 9.82. The zero-order chi connectivity index (χ0) is 34.4. The molecule has 0 aliphatic carbocycles. The maximum absolute atomic E-state index is 5.16. The van der Waals surface area contributed by atoms with Gasteiger partial charge in [0.05, 0.1) is 11.4 Å². The highest BCUT2D eigenvalue weighted by atomic mass is 15.0. The second kappa shape index (κ2) is 12.3. The smallest absolute Gasteiger partial charge is 0.164 e. The number of pyridine rings is 2. The summed E-state index contributed by atoms with van der Waals surface area (Å²) in [5, 5.41) is 9.16. The summed E-state index contributed by atoms with van der Waals surface area (Å²) in [4.78, 5) is 24.9. The number of aromatic nitrogens is 5. The van der Waals surface area contributed by atoms with Crippen LogP contribution in [0.25, 0.3) is 99.8 Å². The molecule has 0 radical (unpaired) electrons. The first-order valence-corrected chi connectivity index (χ1v) is 17.3. The molecular weight excluding hydrogens is 635 g/mol. The van der Waals surface area contributed by atoms with Gasteiger partial charge in [-0.3, -0.25) is 9.97 Å². The SMILES string of the molecule is c1ccc2c(-c3ccc(-c4nc(-c5ccc(-c6nccc7ccccc67)cc5)nc(-c5cc6ccccc6c6ccccc56)n4)cc3)nccc2c1. The van der Waals surface area contributed by atoms with Crippen molar-refractivity contribution in [3.8, 4) is 56.7 Å².